The van der Waals surface area contributed by atoms with Crippen LogP contribution in [0, 0.1) is 12.3 Å². The molecular weight excluding hydrogens is 428 g/mol. The summed E-state index contributed by atoms with van der Waals surface area (Å²) >= 11 is 0. The topological polar surface area (TPSA) is 38.9 Å². The Morgan fingerprint density at radius 1 is 0.857 bits per heavy atom. The Kier molecular flexibility index (Phi) is 4.01. The molecule has 0 atom stereocenters. The summed E-state index contributed by atoms with van der Waals surface area (Å²) < 4.78 is 64.7. The standard InChI is InChI=1S/C32H34N2O/c1-21-10-15-26-25-8-7-9-27(29(25)35-30(26)34-21)28-18-24(16-17-33-28)32(5,6)20-23-13-11-22(12-14-23)19-31(2,3)4/h7-18H,19-20H2,1-6H3/i1D3,19D2,20D2. The van der Waals surface area contributed by atoms with E-state index in [1.54, 1.807) is 42.6 Å². The van der Waals surface area contributed by atoms with Crippen LogP contribution in [0.3, 0.4) is 0 Å². The van der Waals surface area contributed by atoms with Gasteiger partial charge in [-0.3, -0.25) is 4.98 Å². The van der Waals surface area contributed by atoms with Crippen LogP contribution in [0.25, 0.3) is 33.3 Å². The van der Waals surface area contributed by atoms with Gasteiger partial charge in [-0.15, -0.1) is 0 Å². The highest BCUT2D eigenvalue weighted by atomic mass is 16.3. The maximum atomic E-state index is 9.19. The predicted molar refractivity (Wildman–Crippen MR) is 146 cm³/mol. The number of rotatable bonds is 5. The second-order valence-electron chi connectivity index (χ2n) is 10.5. The van der Waals surface area contributed by atoms with Crippen LogP contribution in [-0.2, 0) is 18.2 Å². The van der Waals surface area contributed by atoms with Crippen molar-refractivity contribution in [2.24, 2.45) is 5.41 Å². The van der Waals surface area contributed by atoms with Crippen molar-refractivity contribution in [3.05, 3.63) is 95.3 Å². The van der Waals surface area contributed by atoms with E-state index in [1.165, 1.54) is 6.07 Å². The molecule has 3 aromatic heterocycles. The number of furan rings is 1. The van der Waals surface area contributed by atoms with Gasteiger partial charge in [-0.1, -0.05) is 71.0 Å². The molecular formula is C32H34N2O. The third kappa shape index (κ3) is 4.86. The van der Waals surface area contributed by atoms with Crippen LogP contribution < -0.4 is 0 Å². The van der Waals surface area contributed by atoms with Crippen LogP contribution in [-0.4, -0.2) is 9.97 Å². The average molecular weight is 470 g/mol. The summed E-state index contributed by atoms with van der Waals surface area (Å²) in [6.07, 6.45) is -1.73. The molecule has 0 aliphatic carbocycles. The Labute approximate surface area is 218 Å². The summed E-state index contributed by atoms with van der Waals surface area (Å²) in [6, 6.07) is 19.2. The smallest absolute Gasteiger partial charge is 0.227 e. The third-order valence-electron chi connectivity index (χ3n) is 5.98. The van der Waals surface area contributed by atoms with Crippen molar-refractivity contribution < 1.29 is 14.0 Å². The van der Waals surface area contributed by atoms with Crippen molar-refractivity contribution in [1.82, 2.24) is 9.97 Å². The first-order valence-corrected chi connectivity index (χ1v) is 11.8. The molecule has 178 valence electrons. The molecule has 2 aromatic carbocycles. The van der Waals surface area contributed by atoms with Crippen LogP contribution in [0.4, 0.5) is 0 Å². The Morgan fingerprint density at radius 3 is 2.31 bits per heavy atom. The first kappa shape index (κ1) is 16.3. The molecule has 35 heavy (non-hydrogen) atoms. The second-order valence-corrected chi connectivity index (χ2v) is 10.5. The molecule has 0 aliphatic heterocycles. The molecule has 3 heteroatoms. The number of hydrogen-bond donors (Lipinski definition) is 0. The first-order valence-electron chi connectivity index (χ1n) is 15.3. The van der Waals surface area contributed by atoms with Crippen LogP contribution in [0.2, 0.25) is 0 Å². The van der Waals surface area contributed by atoms with E-state index < -0.39 is 30.4 Å². The Balaban J connectivity index is 1.55. The highest BCUT2D eigenvalue weighted by molar-refractivity contribution is 6.08. The molecule has 0 spiro atoms. The summed E-state index contributed by atoms with van der Waals surface area (Å²) in [7, 11) is 0. The molecule has 0 saturated carbocycles. The van der Waals surface area contributed by atoms with Crippen molar-refractivity contribution in [2.45, 2.75) is 59.6 Å². The fourth-order valence-corrected chi connectivity index (χ4v) is 4.35. The molecule has 0 radical (unpaired) electrons. The Hall–Kier alpha value is -3.46. The van der Waals surface area contributed by atoms with Crippen LogP contribution >= 0.6 is 0 Å². The molecule has 0 unspecified atom stereocenters. The number of aromatic nitrogens is 2. The number of hydrogen-bond acceptors (Lipinski definition) is 3. The molecule has 5 rings (SSSR count). The maximum Gasteiger partial charge on any atom is 0.227 e. The van der Waals surface area contributed by atoms with Crippen molar-refractivity contribution in [1.29, 1.82) is 0 Å². The van der Waals surface area contributed by atoms with Crippen molar-refractivity contribution in [2.75, 3.05) is 0 Å². The summed E-state index contributed by atoms with van der Waals surface area (Å²) in [6.45, 7) is 6.88. The molecule has 3 nitrogen and oxygen atoms in total. The van der Waals surface area contributed by atoms with E-state index in [-0.39, 0.29) is 11.4 Å². The lowest BCUT2D eigenvalue weighted by atomic mass is 9.78. The zero-order valence-corrected chi connectivity index (χ0v) is 20.7. The van der Waals surface area contributed by atoms with Gasteiger partial charge in [0.05, 0.1) is 5.69 Å². The number of nitrogens with zero attached hydrogens (tertiary/aromatic N) is 2. The van der Waals surface area contributed by atoms with Gasteiger partial charge in [0, 0.05) is 37.8 Å². The minimum Gasteiger partial charge on any atom is -0.437 e. The van der Waals surface area contributed by atoms with Crippen LogP contribution in [0.5, 0.6) is 0 Å². The van der Waals surface area contributed by atoms with E-state index in [9.17, 15) is 2.74 Å². The summed E-state index contributed by atoms with van der Waals surface area (Å²) in [5, 5.41) is 1.48. The molecule has 0 amide bonds. The third-order valence-corrected chi connectivity index (χ3v) is 5.98. The molecule has 0 N–H and O–H groups in total. The number of para-hydroxylation sites is 1. The summed E-state index contributed by atoms with van der Waals surface area (Å²) in [5.41, 5.74) is 2.08. The van der Waals surface area contributed by atoms with Crippen molar-refractivity contribution in [3.63, 3.8) is 0 Å². The zero-order chi connectivity index (χ0) is 30.9. The molecule has 5 aromatic rings. The summed E-state index contributed by atoms with van der Waals surface area (Å²) in [5.74, 6) is 0. The first-order chi connectivity index (χ1) is 19.4. The fraction of sp³-hybridized carbons (Fsp3) is 0.312. The normalized spacial score (nSPS) is 16.7. The van der Waals surface area contributed by atoms with Gasteiger partial charge in [0.25, 0.3) is 0 Å². The van der Waals surface area contributed by atoms with Gasteiger partial charge < -0.3 is 4.42 Å². The van der Waals surface area contributed by atoms with Gasteiger partial charge in [0.2, 0.25) is 5.71 Å². The largest absolute Gasteiger partial charge is 0.437 e. The van der Waals surface area contributed by atoms with E-state index in [0.717, 1.165) is 10.9 Å². The molecule has 3 heterocycles. The quantitative estimate of drug-likeness (QED) is 0.259. The van der Waals surface area contributed by atoms with Gasteiger partial charge in [0.1, 0.15) is 5.58 Å². The van der Waals surface area contributed by atoms with E-state index >= 15 is 0 Å². The van der Waals surface area contributed by atoms with E-state index in [2.05, 4.69) is 9.97 Å². The highest BCUT2D eigenvalue weighted by Crippen LogP contribution is 2.36. The summed E-state index contributed by atoms with van der Waals surface area (Å²) in [4.78, 5) is 8.84. The lowest BCUT2D eigenvalue weighted by molar-refractivity contribution is 0.411. The Morgan fingerprint density at radius 2 is 1.60 bits per heavy atom. The minimum absolute atomic E-state index is 0.0395. The molecule has 0 saturated heterocycles. The lowest BCUT2D eigenvalue weighted by Gasteiger charge is -2.26. The Bertz CT molecular complexity index is 1780. The fourth-order valence-electron chi connectivity index (χ4n) is 4.35. The highest BCUT2D eigenvalue weighted by Gasteiger charge is 2.23. The monoisotopic (exact) mass is 469 g/mol. The van der Waals surface area contributed by atoms with Gasteiger partial charge in [-0.2, -0.15) is 0 Å². The zero-order valence-electron chi connectivity index (χ0n) is 27.7. The van der Waals surface area contributed by atoms with Gasteiger partial charge in [-0.25, -0.2) is 4.98 Å². The maximum absolute atomic E-state index is 9.19. The second kappa shape index (κ2) is 8.64. The molecule has 0 aliphatic rings. The van der Waals surface area contributed by atoms with Gasteiger partial charge in [-0.05, 0) is 77.4 Å². The van der Waals surface area contributed by atoms with Crippen LogP contribution in [0.15, 0.2) is 77.3 Å². The number of benzene rings is 2. The minimum atomic E-state index is -2.35. The van der Waals surface area contributed by atoms with Crippen LogP contribution in [0.1, 0.15) is 66.6 Å². The molecule has 0 bridgehead atoms. The van der Waals surface area contributed by atoms with E-state index in [4.69, 9.17) is 11.3 Å². The van der Waals surface area contributed by atoms with E-state index in [1.807, 2.05) is 58.9 Å². The predicted octanol–water partition coefficient (Wildman–Crippen LogP) is 8.46. The van der Waals surface area contributed by atoms with E-state index in [0.29, 0.717) is 33.4 Å². The van der Waals surface area contributed by atoms with Gasteiger partial charge >= 0.3 is 0 Å². The van der Waals surface area contributed by atoms with Crippen molar-refractivity contribution in [3.8, 4) is 11.3 Å². The molecule has 0 fully saturated rings. The number of aryl methyl sites for hydroxylation is 1. The number of fused-ring (bicyclic) bond motifs is 3. The average Bonchev–Trinajstić information content (AvgIpc) is 3.30. The number of pyridine rings is 2. The van der Waals surface area contributed by atoms with Crippen molar-refractivity contribution >= 4 is 22.1 Å². The SMILES string of the molecule is [2H]C([2H])([2H])c1ccc2c(n1)oc1c(-c3cc(C(C)(C)C([2H])([2H])c4ccc(C([2H])([2H])C(C)(C)C)cc4)ccn3)cccc12. The lowest BCUT2D eigenvalue weighted by Crippen LogP contribution is -2.20. The van der Waals surface area contributed by atoms with Gasteiger partial charge in [0.15, 0.2) is 0 Å².